The number of ether oxygens (including phenoxy) is 1. The van der Waals surface area contributed by atoms with Crippen molar-refractivity contribution >= 4 is 5.78 Å². The van der Waals surface area contributed by atoms with E-state index in [1.54, 1.807) is 19.2 Å². The van der Waals surface area contributed by atoms with E-state index in [1.165, 1.54) is 5.56 Å². The van der Waals surface area contributed by atoms with Crippen LogP contribution in [-0.4, -0.2) is 12.9 Å². The van der Waals surface area contributed by atoms with Gasteiger partial charge in [-0.3, -0.25) is 4.79 Å². The molecule has 3 heteroatoms. The molecule has 1 aromatic carbocycles. The third-order valence-corrected chi connectivity index (χ3v) is 2.80. The van der Waals surface area contributed by atoms with Crippen molar-refractivity contribution in [1.82, 2.24) is 0 Å². The molecule has 0 aliphatic carbocycles. The number of hydrogen-bond acceptors (Lipinski definition) is 3. The molecular weight excluding hydrogens is 228 g/mol. The van der Waals surface area contributed by atoms with Gasteiger partial charge in [0, 0.05) is 12.7 Å². The van der Waals surface area contributed by atoms with Crippen LogP contribution in [0.3, 0.4) is 0 Å². The SMILES string of the molecule is CCc1ccc(C(=O)c2ccc(COC)o2)cc1. The number of carbonyl (C=O) groups excluding carboxylic acids is 1. The summed E-state index contributed by atoms with van der Waals surface area (Å²) in [5.41, 5.74) is 1.86. The van der Waals surface area contributed by atoms with Gasteiger partial charge in [-0.05, 0) is 24.1 Å². The number of rotatable bonds is 5. The van der Waals surface area contributed by atoms with E-state index in [4.69, 9.17) is 9.15 Å². The smallest absolute Gasteiger partial charge is 0.228 e. The minimum Gasteiger partial charge on any atom is -0.455 e. The Kier molecular flexibility index (Phi) is 3.95. The molecular formula is C15H16O3. The fraction of sp³-hybridized carbons (Fsp3) is 0.267. The number of benzene rings is 1. The zero-order valence-corrected chi connectivity index (χ0v) is 10.6. The van der Waals surface area contributed by atoms with E-state index in [1.807, 2.05) is 24.3 Å². The zero-order chi connectivity index (χ0) is 13.0. The lowest BCUT2D eigenvalue weighted by atomic mass is 10.1. The predicted molar refractivity (Wildman–Crippen MR) is 68.7 cm³/mol. The van der Waals surface area contributed by atoms with Crippen LogP contribution in [0.25, 0.3) is 0 Å². The molecule has 0 aliphatic rings. The molecule has 0 aliphatic heterocycles. The van der Waals surface area contributed by atoms with Gasteiger partial charge in [-0.1, -0.05) is 31.2 Å². The Morgan fingerprint density at radius 2 is 1.89 bits per heavy atom. The Morgan fingerprint density at radius 3 is 2.50 bits per heavy atom. The lowest BCUT2D eigenvalue weighted by Gasteiger charge is -2.00. The third kappa shape index (κ3) is 2.68. The molecule has 94 valence electrons. The highest BCUT2D eigenvalue weighted by Crippen LogP contribution is 2.15. The van der Waals surface area contributed by atoms with Crippen LogP contribution in [0.5, 0.6) is 0 Å². The number of aryl methyl sites for hydroxylation is 1. The van der Waals surface area contributed by atoms with Crippen LogP contribution in [0, 0.1) is 0 Å². The van der Waals surface area contributed by atoms with Crippen molar-refractivity contribution in [3.05, 3.63) is 59.0 Å². The van der Waals surface area contributed by atoms with E-state index in [-0.39, 0.29) is 5.78 Å². The summed E-state index contributed by atoms with van der Waals surface area (Å²) in [6, 6.07) is 11.0. The molecule has 1 aromatic heterocycles. The minimum absolute atomic E-state index is 0.0972. The molecule has 0 saturated carbocycles. The number of ketones is 1. The number of furan rings is 1. The van der Waals surface area contributed by atoms with Gasteiger partial charge in [0.2, 0.25) is 5.78 Å². The third-order valence-electron chi connectivity index (χ3n) is 2.80. The maximum atomic E-state index is 12.1. The Labute approximate surface area is 106 Å². The van der Waals surface area contributed by atoms with Crippen LogP contribution in [-0.2, 0) is 17.8 Å². The average molecular weight is 244 g/mol. The Morgan fingerprint density at radius 1 is 1.17 bits per heavy atom. The van der Waals surface area contributed by atoms with Crippen LogP contribution in [0.1, 0.15) is 34.4 Å². The largest absolute Gasteiger partial charge is 0.455 e. The normalized spacial score (nSPS) is 10.6. The van der Waals surface area contributed by atoms with Gasteiger partial charge in [0.25, 0.3) is 0 Å². The number of methoxy groups -OCH3 is 1. The Hall–Kier alpha value is -1.87. The molecule has 2 aromatic rings. The van der Waals surface area contributed by atoms with E-state index < -0.39 is 0 Å². The lowest BCUT2D eigenvalue weighted by molar-refractivity contribution is 0.1000. The first-order valence-electron chi connectivity index (χ1n) is 5.96. The summed E-state index contributed by atoms with van der Waals surface area (Å²) in [5.74, 6) is 0.914. The first-order valence-corrected chi connectivity index (χ1v) is 5.96. The molecule has 0 radical (unpaired) electrons. The van der Waals surface area contributed by atoms with E-state index in [2.05, 4.69) is 6.92 Å². The number of hydrogen-bond donors (Lipinski definition) is 0. The quantitative estimate of drug-likeness (QED) is 0.758. The molecule has 0 N–H and O–H groups in total. The van der Waals surface area contributed by atoms with Crippen LogP contribution < -0.4 is 0 Å². The minimum atomic E-state index is -0.0972. The van der Waals surface area contributed by atoms with Crippen molar-refractivity contribution in [2.24, 2.45) is 0 Å². The van der Waals surface area contributed by atoms with Crippen LogP contribution in [0.2, 0.25) is 0 Å². The molecule has 2 rings (SSSR count). The van der Waals surface area contributed by atoms with Gasteiger partial charge in [0.15, 0.2) is 5.76 Å². The highest BCUT2D eigenvalue weighted by Gasteiger charge is 2.13. The summed E-state index contributed by atoms with van der Waals surface area (Å²) in [6.45, 7) is 2.46. The van der Waals surface area contributed by atoms with Gasteiger partial charge in [-0.25, -0.2) is 0 Å². The van der Waals surface area contributed by atoms with Crippen molar-refractivity contribution in [3.63, 3.8) is 0 Å². The van der Waals surface area contributed by atoms with Gasteiger partial charge in [0.05, 0.1) is 0 Å². The second kappa shape index (κ2) is 5.65. The van der Waals surface area contributed by atoms with Gasteiger partial charge in [-0.2, -0.15) is 0 Å². The molecule has 0 spiro atoms. The molecule has 0 fully saturated rings. The van der Waals surface area contributed by atoms with Gasteiger partial charge in [0.1, 0.15) is 12.4 Å². The van der Waals surface area contributed by atoms with E-state index >= 15 is 0 Å². The molecule has 3 nitrogen and oxygen atoms in total. The summed E-state index contributed by atoms with van der Waals surface area (Å²) in [7, 11) is 1.59. The Bertz CT molecular complexity index is 523. The fourth-order valence-corrected chi connectivity index (χ4v) is 1.75. The van der Waals surface area contributed by atoms with Crippen molar-refractivity contribution in [3.8, 4) is 0 Å². The van der Waals surface area contributed by atoms with E-state index in [9.17, 15) is 4.79 Å². The zero-order valence-electron chi connectivity index (χ0n) is 10.6. The molecule has 0 saturated heterocycles. The lowest BCUT2D eigenvalue weighted by Crippen LogP contribution is -1.99. The standard InChI is InChI=1S/C15H16O3/c1-3-11-4-6-12(7-5-11)15(16)14-9-8-13(18-14)10-17-2/h4-9H,3,10H2,1-2H3. The van der Waals surface area contributed by atoms with Gasteiger partial charge >= 0.3 is 0 Å². The maximum Gasteiger partial charge on any atom is 0.228 e. The summed E-state index contributed by atoms with van der Waals surface area (Å²) in [4.78, 5) is 12.1. The molecule has 0 amide bonds. The molecule has 0 atom stereocenters. The molecule has 18 heavy (non-hydrogen) atoms. The molecule has 1 heterocycles. The number of carbonyl (C=O) groups is 1. The molecule has 0 bridgehead atoms. The van der Waals surface area contributed by atoms with Gasteiger partial charge in [-0.15, -0.1) is 0 Å². The average Bonchev–Trinajstić information content (AvgIpc) is 2.87. The summed E-state index contributed by atoms with van der Waals surface area (Å²) < 4.78 is 10.4. The van der Waals surface area contributed by atoms with Crippen LogP contribution in [0.15, 0.2) is 40.8 Å². The summed E-state index contributed by atoms with van der Waals surface area (Å²) in [6.07, 6.45) is 0.965. The first kappa shape index (κ1) is 12.6. The van der Waals surface area contributed by atoms with Crippen LogP contribution in [0.4, 0.5) is 0 Å². The highest BCUT2D eigenvalue weighted by atomic mass is 16.5. The maximum absolute atomic E-state index is 12.1. The van der Waals surface area contributed by atoms with Crippen molar-refractivity contribution in [1.29, 1.82) is 0 Å². The first-order chi connectivity index (χ1) is 8.74. The summed E-state index contributed by atoms with van der Waals surface area (Å²) in [5, 5.41) is 0. The second-order valence-corrected chi connectivity index (χ2v) is 4.08. The second-order valence-electron chi connectivity index (χ2n) is 4.08. The van der Waals surface area contributed by atoms with Gasteiger partial charge < -0.3 is 9.15 Å². The summed E-state index contributed by atoms with van der Waals surface area (Å²) >= 11 is 0. The highest BCUT2D eigenvalue weighted by molar-refractivity contribution is 6.07. The molecule has 0 unspecified atom stereocenters. The van der Waals surface area contributed by atoms with Crippen molar-refractivity contribution in [2.75, 3.05) is 7.11 Å². The van der Waals surface area contributed by atoms with E-state index in [0.29, 0.717) is 23.7 Å². The van der Waals surface area contributed by atoms with Crippen LogP contribution >= 0.6 is 0 Å². The monoisotopic (exact) mass is 244 g/mol. The van der Waals surface area contributed by atoms with Crippen molar-refractivity contribution < 1.29 is 13.9 Å². The predicted octanol–water partition coefficient (Wildman–Crippen LogP) is 3.22. The van der Waals surface area contributed by atoms with E-state index in [0.717, 1.165) is 6.42 Å². The Balaban J connectivity index is 2.18. The van der Waals surface area contributed by atoms with Crippen molar-refractivity contribution in [2.45, 2.75) is 20.0 Å². The topological polar surface area (TPSA) is 39.4 Å². The fourth-order valence-electron chi connectivity index (χ4n) is 1.75.